The van der Waals surface area contributed by atoms with Gasteiger partial charge in [0.05, 0.1) is 19.4 Å². The van der Waals surface area contributed by atoms with E-state index in [2.05, 4.69) is 20.7 Å². The molecule has 0 aromatic heterocycles. The number of ether oxygens (including phenoxy) is 1. The van der Waals surface area contributed by atoms with Gasteiger partial charge in [-0.25, -0.2) is 0 Å². The lowest BCUT2D eigenvalue weighted by Gasteiger charge is -2.26. The van der Waals surface area contributed by atoms with Crippen LogP contribution >= 0.6 is 23.8 Å². The van der Waals surface area contributed by atoms with Crippen LogP contribution in [0.25, 0.3) is 0 Å². The van der Waals surface area contributed by atoms with Crippen molar-refractivity contribution in [3.63, 3.8) is 0 Å². The van der Waals surface area contributed by atoms with Crippen LogP contribution in [-0.4, -0.2) is 55.6 Å². The van der Waals surface area contributed by atoms with Crippen LogP contribution in [0.3, 0.4) is 0 Å². The number of morpholine rings is 1. The van der Waals surface area contributed by atoms with Crippen molar-refractivity contribution in [2.45, 2.75) is 6.42 Å². The number of halogens is 1. The van der Waals surface area contributed by atoms with Crippen molar-refractivity contribution in [3.8, 4) is 0 Å². The van der Waals surface area contributed by atoms with Gasteiger partial charge in [0.1, 0.15) is 0 Å². The summed E-state index contributed by atoms with van der Waals surface area (Å²) in [5.41, 5.74) is 3.65. The fraction of sp³-hybridized carbons (Fsp3) is 0.467. The van der Waals surface area contributed by atoms with Gasteiger partial charge in [-0.1, -0.05) is 29.8 Å². The highest BCUT2D eigenvalue weighted by Gasteiger charge is 2.08. The smallest absolute Gasteiger partial charge is 0.186 e. The number of rotatable bonds is 6. The van der Waals surface area contributed by atoms with Gasteiger partial charge in [-0.15, -0.1) is 0 Å². The summed E-state index contributed by atoms with van der Waals surface area (Å²) in [7, 11) is 0. The Kier molecular flexibility index (Phi) is 7.59. The molecule has 0 bridgehead atoms. The van der Waals surface area contributed by atoms with E-state index in [9.17, 15) is 0 Å². The van der Waals surface area contributed by atoms with Crippen LogP contribution in [0, 0.1) is 0 Å². The highest BCUT2D eigenvalue weighted by atomic mass is 35.5. The second kappa shape index (κ2) is 9.74. The largest absolute Gasteiger partial charge is 0.379 e. The van der Waals surface area contributed by atoms with Gasteiger partial charge in [-0.2, -0.15) is 5.10 Å². The average Bonchev–Trinajstić information content (AvgIpc) is 2.54. The Hall–Kier alpha value is -1.21. The monoisotopic (exact) mass is 340 g/mol. The molecule has 0 unspecified atom stereocenters. The summed E-state index contributed by atoms with van der Waals surface area (Å²) in [5, 5.41) is 8.40. The van der Waals surface area contributed by atoms with E-state index in [0.29, 0.717) is 10.1 Å². The molecular weight excluding hydrogens is 320 g/mol. The van der Waals surface area contributed by atoms with Gasteiger partial charge in [-0.3, -0.25) is 10.3 Å². The lowest BCUT2D eigenvalue weighted by atomic mass is 10.2. The van der Waals surface area contributed by atoms with Crippen LogP contribution in [0.4, 0.5) is 0 Å². The van der Waals surface area contributed by atoms with Gasteiger partial charge in [0, 0.05) is 30.2 Å². The van der Waals surface area contributed by atoms with Crippen molar-refractivity contribution in [2.24, 2.45) is 5.10 Å². The molecule has 0 radical (unpaired) electrons. The van der Waals surface area contributed by atoms with E-state index in [4.69, 9.17) is 28.6 Å². The highest BCUT2D eigenvalue weighted by Crippen LogP contribution is 2.11. The van der Waals surface area contributed by atoms with Crippen molar-refractivity contribution < 1.29 is 4.74 Å². The fourth-order valence-electron chi connectivity index (χ4n) is 2.11. The van der Waals surface area contributed by atoms with Gasteiger partial charge in [0.2, 0.25) is 0 Å². The van der Waals surface area contributed by atoms with Crippen molar-refractivity contribution in [2.75, 3.05) is 39.4 Å². The van der Waals surface area contributed by atoms with Gasteiger partial charge in [-0.05, 0) is 31.2 Å². The van der Waals surface area contributed by atoms with Crippen LogP contribution in [0.15, 0.2) is 29.4 Å². The maximum Gasteiger partial charge on any atom is 0.186 e. The Morgan fingerprint density at radius 2 is 2.14 bits per heavy atom. The SMILES string of the molecule is S=C(NCCCN1CCOCC1)N/N=C\c1ccccc1Cl. The predicted octanol–water partition coefficient (Wildman–Crippen LogP) is 1.86. The van der Waals surface area contributed by atoms with Crippen LogP contribution in [0.1, 0.15) is 12.0 Å². The molecule has 0 amide bonds. The maximum absolute atomic E-state index is 6.03. The van der Waals surface area contributed by atoms with Crippen LogP contribution in [0.2, 0.25) is 5.02 Å². The molecule has 0 saturated carbocycles. The number of hydrogen-bond acceptors (Lipinski definition) is 4. The highest BCUT2D eigenvalue weighted by molar-refractivity contribution is 7.80. The fourth-order valence-corrected chi connectivity index (χ4v) is 2.45. The van der Waals surface area contributed by atoms with Gasteiger partial charge in [0.15, 0.2) is 5.11 Å². The van der Waals surface area contributed by atoms with E-state index in [-0.39, 0.29) is 0 Å². The summed E-state index contributed by atoms with van der Waals surface area (Å²) < 4.78 is 5.32. The molecule has 0 atom stereocenters. The van der Waals surface area contributed by atoms with Crippen LogP contribution in [0.5, 0.6) is 0 Å². The second-order valence-corrected chi connectivity index (χ2v) is 5.77. The summed E-state index contributed by atoms with van der Waals surface area (Å²) in [6, 6.07) is 7.51. The summed E-state index contributed by atoms with van der Waals surface area (Å²) in [6.07, 6.45) is 2.69. The van der Waals surface area contributed by atoms with Gasteiger partial charge < -0.3 is 10.1 Å². The first-order chi connectivity index (χ1) is 10.8. The van der Waals surface area contributed by atoms with Gasteiger partial charge >= 0.3 is 0 Å². The molecular formula is C15H21ClN4OS. The molecule has 1 aliphatic rings. The van der Waals surface area contributed by atoms with Crippen molar-refractivity contribution in [3.05, 3.63) is 34.9 Å². The number of hydrazone groups is 1. The minimum Gasteiger partial charge on any atom is -0.379 e. The van der Waals surface area contributed by atoms with E-state index in [1.807, 2.05) is 24.3 Å². The normalized spacial score (nSPS) is 15.9. The zero-order valence-corrected chi connectivity index (χ0v) is 14.0. The third kappa shape index (κ3) is 6.27. The molecule has 1 heterocycles. The Bertz CT molecular complexity index is 506. The first kappa shape index (κ1) is 17.1. The lowest BCUT2D eigenvalue weighted by molar-refractivity contribution is 0.0376. The van der Waals surface area contributed by atoms with Crippen molar-refractivity contribution in [1.29, 1.82) is 0 Å². The molecule has 120 valence electrons. The number of hydrogen-bond donors (Lipinski definition) is 2. The molecule has 1 aromatic carbocycles. The van der Waals surface area contributed by atoms with E-state index in [1.54, 1.807) is 6.21 Å². The number of nitrogens with one attached hydrogen (secondary N) is 2. The molecule has 1 aromatic rings. The van der Waals surface area contributed by atoms with Crippen LogP contribution < -0.4 is 10.7 Å². The average molecular weight is 341 g/mol. The summed E-state index contributed by atoms with van der Waals surface area (Å²) in [6.45, 7) is 5.59. The maximum atomic E-state index is 6.03. The zero-order chi connectivity index (χ0) is 15.6. The molecule has 22 heavy (non-hydrogen) atoms. The molecule has 0 aliphatic carbocycles. The first-order valence-electron chi connectivity index (χ1n) is 7.37. The molecule has 1 fully saturated rings. The first-order valence-corrected chi connectivity index (χ1v) is 8.16. The topological polar surface area (TPSA) is 48.9 Å². The number of benzene rings is 1. The van der Waals surface area contributed by atoms with Gasteiger partial charge in [0.25, 0.3) is 0 Å². The third-order valence-electron chi connectivity index (χ3n) is 3.32. The predicted molar refractivity (Wildman–Crippen MR) is 94.7 cm³/mol. The molecule has 1 aliphatic heterocycles. The van der Waals surface area contributed by atoms with Crippen molar-refractivity contribution >= 4 is 35.1 Å². The minimum atomic E-state index is 0.519. The zero-order valence-electron chi connectivity index (χ0n) is 12.4. The van der Waals surface area contributed by atoms with E-state index >= 15 is 0 Å². The Balaban J connectivity index is 1.58. The standard InChI is InChI=1S/C15H21ClN4OS/c16-14-5-2-1-4-13(14)12-18-19-15(22)17-6-3-7-20-8-10-21-11-9-20/h1-2,4-5,12H,3,6-11H2,(H2,17,19,22)/b18-12-. The van der Waals surface area contributed by atoms with E-state index in [1.165, 1.54) is 0 Å². The Morgan fingerprint density at radius 3 is 2.91 bits per heavy atom. The van der Waals surface area contributed by atoms with E-state index in [0.717, 1.165) is 51.4 Å². The molecule has 5 nitrogen and oxygen atoms in total. The summed E-state index contributed by atoms with van der Waals surface area (Å²) >= 11 is 11.2. The molecule has 1 saturated heterocycles. The van der Waals surface area contributed by atoms with E-state index < -0.39 is 0 Å². The van der Waals surface area contributed by atoms with Crippen LogP contribution in [-0.2, 0) is 4.74 Å². The molecule has 0 spiro atoms. The molecule has 2 N–H and O–H groups in total. The second-order valence-electron chi connectivity index (χ2n) is 4.95. The summed E-state index contributed by atoms with van der Waals surface area (Å²) in [4.78, 5) is 2.40. The lowest BCUT2D eigenvalue weighted by Crippen LogP contribution is -2.39. The molecule has 7 heteroatoms. The number of thiocarbonyl (C=S) groups is 1. The Morgan fingerprint density at radius 1 is 1.36 bits per heavy atom. The number of nitrogens with zero attached hydrogens (tertiary/aromatic N) is 2. The summed E-state index contributed by atoms with van der Waals surface area (Å²) in [5.74, 6) is 0. The quantitative estimate of drug-likeness (QED) is 0.358. The van der Waals surface area contributed by atoms with Crippen molar-refractivity contribution in [1.82, 2.24) is 15.6 Å². The Labute approximate surface area is 141 Å². The third-order valence-corrected chi connectivity index (χ3v) is 3.90. The molecule has 2 rings (SSSR count). The minimum absolute atomic E-state index is 0.519.